The van der Waals surface area contributed by atoms with E-state index in [2.05, 4.69) is 26.5 Å². The van der Waals surface area contributed by atoms with E-state index < -0.39 is 30.0 Å². The molecule has 0 radical (unpaired) electrons. The van der Waals surface area contributed by atoms with Gasteiger partial charge in [0, 0.05) is 11.3 Å². The van der Waals surface area contributed by atoms with Gasteiger partial charge in [-0.25, -0.2) is 23.5 Å². The molecule has 1 aliphatic rings. The van der Waals surface area contributed by atoms with Gasteiger partial charge in [0.05, 0.1) is 12.4 Å². The highest BCUT2D eigenvalue weighted by molar-refractivity contribution is 6.02. The molecule has 1 aromatic carbocycles. The monoisotopic (exact) mass is 429 g/mol. The zero-order valence-electron chi connectivity index (χ0n) is 16.5. The summed E-state index contributed by atoms with van der Waals surface area (Å²) in [7, 11) is 0. The van der Waals surface area contributed by atoms with E-state index in [0.717, 1.165) is 12.5 Å². The highest BCUT2D eigenvalue weighted by Gasteiger charge is 2.46. The van der Waals surface area contributed by atoms with Crippen LogP contribution in [-0.2, 0) is 5.54 Å². The number of halogens is 2. The van der Waals surface area contributed by atoms with Crippen LogP contribution in [0.2, 0.25) is 0 Å². The third-order valence-corrected chi connectivity index (χ3v) is 5.23. The van der Waals surface area contributed by atoms with E-state index in [1.54, 1.807) is 0 Å². The van der Waals surface area contributed by atoms with Crippen molar-refractivity contribution in [2.24, 2.45) is 11.7 Å². The average Bonchev–Trinajstić information content (AvgIpc) is 2.71. The van der Waals surface area contributed by atoms with Crippen molar-refractivity contribution < 1.29 is 23.1 Å². The number of terminal acetylenes is 1. The summed E-state index contributed by atoms with van der Waals surface area (Å²) in [5, 5.41) is 4.96. The number of alkyl halides is 1. The Labute approximate surface area is 177 Å². The minimum Gasteiger partial charge on any atom is -0.463 e. The first-order chi connectivity index (χ1) is 14.9. The van der Waals surface area contributed by atoms with Crippen LogP contribution in [0.3, 0.4) is 0 Å². The lowest BCUT2D eigenvalue weighted by Gasteiger charge is -2.44. The molecule has 0 spiro atoms. The number of primary amides is 1. The van der Waals surface area contributed by atoms with Crippen molar-refractivity contribution >= 4 is 17.6 Å². The minimum absolute atomic E-state index is 0.00916. The molecule has 1 saturated carbocycles. The SMILES string of the molecule is C#CCOc1cnc(C(=O)Nc2ccc(F)c([C@@](CF)(NC(N)=O)C3CCC3)c2)cn1. The molecule has 162 valence electrons. The molecule has 1 heterocycles. The molecule has 0 aliphatic heterocycles. The summed E-state index contributed by atoms with van der Waals surface area (Å²) in [5.41, 5.74) is 3.73. The van der Waals surface area contributed by atoms with E-state index in [1.807, 2.05) is 0 Å². The summed E-state index contributed by atoms with van der Waals surface area (Å²) in [6.07, 6.45) is 9.60. The number of amides is 3. The van der Waals surface area contributed by atoms with E-state index in [-0.39, 0.29) is 35.3 Å². The van der Waals surface area contributed by atoms with Gasteiger partial charge in [-0.3, -0.25) is 4.79 Å². The van der Waals surface area contributed by atoms with Gasteiger partial charge in [0.2, 0.25) is 5.88 Å². The van der Waals surface area contributed by atoms with Crippen molar-refractivity contribution in [2.75, 3.05) is 18.6 Å². The van der Waals surface area contributed by atoms with Crippen LogP contribution in [0.5, 0.6) is 5.88 Å². The fourth-order valence-corrected chi connectivity index (χ4v) is 3.49. The number of rotatable bonds is 8. The number of urea groups is 1. The summed E-state index contributed by atoms with van der Waals surface area (Å²) < 4.78 is 34.0. The molecule has 1 aromatic heterocycles. The van der Waals surface area contributed by atoms with E-state index in [1.165, 1.54) is 24.5 Å². The Balaban J connectivity index is 1.85. The molecule has 1 fully saturated rings. The second-order valence-electron chi connectivity index (χ2n) is 7.10. The molecule has 3 rings (SSSR count). The third kappa shape index (κ3) is 4.71. The molecule has 4 N–H and O–H groups in total. The number of nitrogens with two attached hydrogens (primary N) is 1. The van der Waals surface area contributed by atoms with E-state index >= 15 is 0 Å². The second kappa shape index (κ2) is 9.38. The van der Waals surface area contributed by atoms with Gasteiger partial charge in [-0.1, -0.05) is 12.3 Å². The van der Waals surface area contributed by atoms with Crippen LogP contribution in [0.1, 0.15) is 35.3 Å². The Morgan fingerprint density at radius 2 is 2.10 bits per heavy atom. The normalized spacial score (nSPS) is 15.1. The summed E-state index contributed by atoms with van der Waals surface area (Å²) in [4.78, 5) is 31.9. The largest absolute Gasteiger partial charge is 0.463 e. The molecular weight excluding hydrogens is 408 g/mol. The predicted octanol–water partition coefficient (Wildman–Crippen LogP) is 2.51. The van der Waals surface area contributed by atoms with Crippen LogP contribution in [0.15, 0.2) is 30.6 Å². The Bertz CT molecular complexity index is 1010. The standard InChI is InChI=1S/C21H21F2N5O3/c1-2-8-31-18-11-25-17(10-26-18)19(29)27-14-6-7-16(23)15(9-14)21(12-22,28-20(24)30)13-4-3-5-13/h1,6-7,9-11,13H,3-5,8,12H2,(H,27,29)(H3,24,28,30)/t21-/m0/s1. The first-order valence-electron chi connectivity index (χ1n) is 9.53. The summed E-state index contributed by atoms with van der Waals surface area (Å²) >= 11 is 0. The maximum atomic E-state index is 14.7. The number of hydrogen-bond donors (Lipinski definition) is 3. The number of hydrogen-bond acceptors (Lipinski definition) is 5. The van der Waals surface area contributed by atoms with E-state index in [0.29, 0.717) is 12.8 Å². The van der Waals surface area contributed by atoms with Crippen molar-refractivity contribution in [2.45, 2.75) is 24.8 Å². The van der Waals surface area contributed by atoms with Crippen LogP contribution >= 0.6 is 0 Å². The summed E-state index contributed by atoms with van der Waals surface area (Å²) in [6, 6.07) is 2.75. The Morgan fingerprint density at radius 3 is 2.65 bits per heavy atom. The maximum Gasteiger partial charge on any atom is 0.312 e. The lowest BCUT2D eigenvalue weighted by Crippen LogP contribution is -2.56. The number of aromatic nitrogens is 2. The van der Waals surface area contributed by atoms with Gasteiger partial charge in [-0.05, 0) is 37.0 Å². The van der Waals surface area contributed by atoms with Gasteiger partial charge in [0.25, 0.3) is 5.91 Å². The second-order valence-corrected chi connectivity index (χ2v) is 7.10. The van der Waals surface area contributed by atoms with E-state index in [4.69, 9.17) is 16.9 Å². The first-order valence-corrected chi connectivity index (χ1v) is 9.53. The van der Waals surface area contributed by atoms with Gasteiger partial charge < -0.3 is 21.1 Å². The molecule has 0 saturated heterocycles. The van der Waals surface area contributed by atoms with Gasteiger partial charge in [-0.15, -0.1) is 6.42 Å². The fraction of sp³-hybridized carbons (Fsp3) is 0.333. The van der Waals surface area contributed by atoms with E-state index in [9.17, 15) is 18.4 Å². The van der Waals surface area contributed by atoms with Crippen molar-refractivity contribution in [3.8, 4) is 18.2 Å². The van der Waals surface area contributed by atoms with Gasteiger partial charge in [0.1, 0.15) is 23.7 Å². The number of carbonyl (C=O) groups is 2. The van der Waals surface area contributed by atoms with Crippen molar-refractivity contribution in [3.63, 3.8) is 0 Å². The van der Waals surface area contributed by atoms with Crippen molar-refractivity contribution in [3.05, 3.63) is 47.7 Å². The van der Waals surface area contributed by atoms with Crippen LogP contribution in [0.4, 0.5) is 19.3 Å². The number of anilines is 1. The van der Waals surface area contributed by atoms with Gasteiger partial charge in [-0.2, -0.15) is 0 Å². The fourth-order valence-electron chi connectivity index (χ4n) is 3.49. The molecule has 8 nitrogen and oxygen atoms in total. The maximum absolute atomic E-state index is 14.7. The molecule has 31 heavy (non-hydrogen) atoms. The Kier molecular flexibility index (Phi) is 6.65. The number of nitrogens with zero attached hydrogens (tertiary/aromatic N) is 2. The van der Waals surface area contributed by atoms with Gasteiger partial charge >= 0.3 is 6.03 Å². The predicted molar refractivity (Wildman–Crippen MR) is 108 cm³/mol. The molecule has 0 unspecified atom stereocenters. The molecule has 2 aromatic rings. The van der Waals surface area contributed by atoms with Crippen LogP contribution in [0.25, 0.3) is 0 Å². The summed E-state index contributed by atoms with van der Waals surface area (Å²) in [5.74, 6) is 0.788. The van der Waals surface area contributed by atoms with Crippen LogP contribution in [-0.4, -0.2) is 35.2 Å². The Morgan fingerprint density at radius 1 is 1.32 bits per heavy atom. The molecule has 10 heteroatoms. The van der Waals surface area contributed by atoms with Crippen molar-refractivity contribution in [1.29, 1.82) is 0 Å². The lowest BCUT2D eigenvalue weighted by atomic mass is 9.68. The lowest BCUT2D eigenvalue weighted by molar-refractivity contribution is 0.0992. The van der Waals surface area contributed by atoms with Gasteiger partial charge in [0.15, 0.2) is 6.61 Å². The summed E-state index contributed by atoms with van der Waals surface area (Å²) in [6.45, 7) is -1.03. The third-order valence-electron chi connectivity index (χ3n) is 5.23. The molecule has 3 amide bonds. The zero-order chi connectivity index (χ0) is 22.4. The number of benzene rings is 1. The van der Waals surface area contributed by atoms with Crippen molar-refractivity contribution in [1.82, 2.24) is 15.3 Å². The molecule has 1 aliphatic carbocycles. The van der Waals surface area contributed by atoms with Crippen LogP contribution < -0.4 is 21.1 Å². The zero-order valence-corrected chi connectivity index (χ0v) is 16.5. The number of ether oxygens (including phenoxy) is 1. The first kappa shape index (κ1) is 22.0. The highest BCUT2D eigenvalue weighted by Crippen LogP contribution is 2.44. The molecule has 1 atom stereocenters. The molecular formula is C21H21F2N5O3. The number of nitrogens with one attached hydrogen (secondary N) is 2. The average molecular weight is 429 g/mol. The number of carbonyl (C=O) groups excluding carboxylic acids is 2. The van der Waals surface area contributed by atoms with Crippen LogP contribution in [0, 0.1) is 24.1 Å². The smallest absolute Gasteiger partial charge is 0.312 e. The molecule has 0 bridgehead atoms. The quantitative estimate of drug-likeness (QED) is 0.557. The Hall–Kier alpha value is -3.74. The minimum atomic E-state index is -1.61. The topological polar surface area (TPSA) is 119 Å². The highest BCUT2D eigenvalue weighted by atomic mass is 19.1.